The summed E-state index contributed by atoms with van der Waals surface area (Å²) in [4.78, 5) is 12.8. The number of benzene rings is 9. The predicted octanol–water partition coefficient (Wildman–Crippen LogP) is 16.3. The van der Waals surface area contributed by atoms with E-state index in [4.69, 9.17) is 9.97 Å². The Hall–Kier alpha value is -8.40. The SMILES string of the molecule is C1=Cc2c(c3cccc(-c4cccc(-c5cc(-c6ccccc6)nc(-c6ccccc6)n5)c4)c3c3ccc(C4=CC5C(C=C4)c4ccccc4N5c4ccc(-c5ccccc5)cc4)cc23)CC1. The van der Waals surface area contributed by atoms with E-state index < -0.39 is 0 Å². The number of hydrogen-bond donors (Lipinski definition) is 0. The zero-order valence-corrected chi connectivity index (χ0v) is 36.9. The van der Waals surface area contributed by atoms with Gasteiger partial charge < -0.3 is 4.90 Å². The van der Waals surface area contributed by atoms with Crippen LogP contribution in [0.25, 0.3) is 89.4 Å². The molecule has 0 bridgehead atoms. The zero-order valence-electron chi connectivity index (χ0n) is 36.9. The third-order valence-corrected chi connectivity index (χ3v) is 14.1. The number of nitrogens with zero attached hydrogens (tertiary/aromatic N) is 3. The minimum atomic E-state index is 0.155. The van der Waals surface area contributed by atoms with E-state index >= 15 is 0 Å². The third kappa shape index (κ3) is 6.82. The average molecular weight is 856 g/mol. The molecule has 0 saturated carbocycles. The summed E-state index contributed by atoms with van der Waals surface area (Å²) >= 11 is 0. The molecule has 1 aliphatic heterocycles. The van der Waals surface area contributed by atoms with Crippen LogP contribution >= 0.6 is 0 Å². The molecule has 3 aliphatic rings. The Kier molecular flexibility index (Phi) is 9.45. The van der Waals surface area contributed by atoms with Gasteiger partial charge in [0.15, 0.2) is 5.82 Å². The van der Waals surface area contributed by atoms with Crippen LogP contribution in [0.2, 0.25) is 0 Å². The fourth-order valence-corrected chi connectivity index (χ4v) is 10.9. The molecule has 0 saturated heterocycles. The molecular weight excluding hydrogens is 811 g/mol. The summed E-state index contributed by atoms with van der Waals surface area (Å²) in [5.74, 6) is 0.986. The monoisotopic (exact) mass is 855 g/mol. The molecule has 0 N–H and O–H groups in total. The maximum atomic E-state index is 5.19. The number of aromatic nitrogens is 2. The smallest absolute Gasteiger partial charge is 0.160 e. The van der Waals surface area contributed by atoms with Gasteiger partial charge in [-0.1, -0.05) is 200 Å². The van der Waals surface area contributed by atoms with Crippen molar-refractivity contribution in [1.82, 2.24) is 9.97 Å². The maximum Gasteiger partial charge on any atom is 0.160 e. The van der Waals surface area contributed by atoms with E-state index in [9.17, 15) is 0 Å². The van der Waals surface area contributed by atoms with Crippen molar-refractivity contribution in [1.29, 1.82) is 0 Å². The molecule has 2 heterocycles. The standard InChI is InChI=1S/C64H45N3/c1-4-16-42(17-5-1)43-30-34-50(35-31-43)67-61-29-13-12-26-54(61)55-36-32-47(40-62(55)67)46-33-37-57-58(39-46)53-25-11-10-24-52(53)56-28-15-27-51(63(56)57)48-22-14-23-49(38-48)60-41-59(44-18-6-2-7-19-44)65-64(66-60)45-20-8-3-9-21-45/h1-9,11-23,25-41,55,62H,10,24H2. The molecule has 0 fully saturated rings. The first kappa shape index (κ1) is 39.0. The molecular formula is C64H45N3. The molecule has 0 spiro atoms. The van der Waals surface area contributed by atoms with Gasteiger partial charge in [-0.3, -0.25) is 0 Å². The van der Waals surface area contributed by atoms with E-state index in [0.29, 0.717) is 0 Å². The van der Waals surface area contributed by atoms with Crippen LogP contribution in [0.15, 0.2) is 231 Å². The predicted molar refractivity (Wildman–Crippen MR) is 280 cm³/mol. The molecule has 9 aromatic carbocycles. The Morgan fingerprint density at radius 2 is 1.12 bits per heavy atom. The summed E-state index contributed by atoms with van der Waals surface area (Å²) in [5.41, 5.74) is 18.9. The molecule has 316 valence electrons. The maximum absolute atomic E-state index is 5.19. The first-order chi connectivity index (χ1) is 33.2. The second kappa shape index (κ2) is 16.2. The number of para-hydroxylation sites is 1. The van der Waals surface area contributed by atoms with Crippen LogP contribution in [0.4, 0.5) is 11.4 Å². The Morgan fingerprint density at radius 1 is 0.463 bits per heavy atom. The molecule has 13 rings (SSSR count). The summed E-state index contributed by atoms with van der Waals surface area (Å²) in [6, 6.07) is 74.7. The van der Waals surface area contributed by atoms with Crippen molar-refractivity contribution in [3.05, 3.63) is 253 Å². The second-order valence-electron chi connectivity index (χ2n) is 17.9. The lowest BCUT2D eigenvalue weighted by atomic mass is 9.82. The highest BCUT2D eigenvalue weighted by Crippen LogP contribution is 2.50. The van der Waals surface area contributed by atoms with Gasteiger partial charge in [0.2, 0.25) is 0 Å². The van der Waals surface area contributed by atoms with E-state index in [1.807, 2.05) is 24.3 Å². The second-order valence-corrected chi connectivity index (χ2v) is 17.9. The minimum Gasteiger partial charge on any atom is -0.333 e. The molecule has 67 heavy (non-hydrogen) atoms. The van der Waals surface area contributed by atoms with Crippen molar-refractivity contribution in [2.45, 2.75) is 24.8 Å². The van der Waals surface area contributed by atoms with Gasteiger partial charge in [-0.2, -0.15) is 0 Å². The van der Waals surface area contributed by atoms with Gasteiger partial charge in [0.1, 0.15) is 0 Å². The van der Waals surface area contributed by atoms with Gasteiger partial charge in [-0.05, 0) is 121 Å². The summed E-state index contributed by atoms with van der Waals surface area (Å²) in [6.07, 6.45) is 14.1. The first-order valence-corrected chi connectivity index (χ1v) is 23.4. The normalized spacial score (nSPS) is 15.9. The van der Waals surface area contributed by atoms with Crippen molar-refractivity contribution in [2.75, 3.05) is 4.90 Å². The lowest BCUT2D eigenvalue weighted by molar-refractivity contribution is 0.747. The molecule has 3 nitrogen and oxygen atoms in total. The average Bonchev–Trinajstić information content (AvgIpc) is 3.75. The molecule has 0 amide bonds. The van der Waals surface area contributed by atoms with Crippen molar-refractivity contribution < 1.29 is 0 Å². The van der Waals surface area contributed by atoms with Gasteiger partial charge in [0.05, 0.1) is 17.4 Å². The quantitative estimate of drug-likeness (QED) is 0.150. The summed E-state index contributed by atoms with van der Waals surface area (Å²) in [5, 5.41) is 5.21. The largest absolute Gasteiger partial charge is 0.333 e. The van der Waals surface area contributed by atoms with Crippen LogP contribution in [0.3, 0.4) is 0 Å². The Labute approximate surface area is 391 Å². The van der Waals surface area contributed by atoms with Gasteiger partial charge >= 0.3 is 0 Å². The molecule has 0 radical (unpaired) electrons. The molecule has 1 aromatic heterocycles. The number of hydrogen-bond acceptors (Lipinski definition) is 3. The first-order valence-electron chi connectivity index (χ1n) is 23.4. The van der Waals surface area contributed by atoms with E-state index in [0.717, 1.165) is 46.7 Å². The number of anilines is 2. The highest BCUT2D eigenvalue weighted by Gasteiger charge is 2.38. The summed E-state index contributed by atoms with van der Waals surface area (Å²) < 4.78 is 0. The molecule has 10 aromatic rings. The van der Waals surface area contributed by atoms with Crippen LogP contribution in [-0.4, -0.2) is 16.0 Å². The number of rotatable bonds is 7. The topological polar surface area (TPSA) is 29.0 Å². The van der Waals surface area contributed by atoms with E-state index in [-0.39, 0.29) is 12.0 Å². The Bertz CT molecular complexity index is 3570. The van der Waals surface area contributed by atoms with Crippen molar-refractivity contribution >= 4 is 44.6 Å². The zero-order chi connectivity index (χ0) is 44.3. The van der Waals surface area contributed by atoms with Crippen molar-refractivity contribution in [2.24, 2.45) is 0 Å². The molecule has 2 aliphatic carbocycles. The summed E-state index contributed by atoms with van der Waals surface area (Å²) in [6.45, 7) is 0. The number of allylic oxidation sites excluding steroid dienone is 3. The third-order valence-electron chi connectivity index (χ3n) is 14.1. The Balaban J connectivity index is 0.919. The number of aryl methyl sites for hydroxylation is 1. The van der Waals surface area contributed by atoms with Crippen molar-refractivity contribution in [3.8, 4) is 56.2 Å². The lowest BCUT2D eigenvalue weighted by Gasteiger charge is -2.30. The van der Waals surface area contributed by atoms with E-state index in [1.165, 1.54) is 83.0 Å². The van der Waals surface area contributed by atoms with Crippen LogP contribution < -0.4 is 4.90 Å². The fourth-order valence-electron chi connectivity index (χ4n) is 10.9. The Morgan fingerprint density at radius 3 is 1.93 bits per heavy atom. The van der Waals surface area contributed by atoms with Crippen LogP contribution in [0, 0.1) is 0 Å². The molecule has 2 unspecified atom stereocenters. The molecule has 2 atom stereocenters. The van der Waals surface area contributed by atoms with E-state index in [1.54, 1.807) is 0 Å². The van der Waals surface area contributed by atoms with Gasteiger partial charge in [-0.15, -0.1) is 0 Å². The van der Waals surface area contributed by atoms with Crippen molar-refractivity contribution in [3.63, 3.8) is 0 Å². The van der Waals surface area contributed by atoms with Crippen LogP contribution in [-0.2, 0) is 6.42 Å². The highest BCUT2D eigenvalue weighted by molar-refractivity contribution is 6.19. The van der Waals surface area contributed by atoms with Gasteiger partial charge in [0.25, 0.3) is 0 Å². The van der Waals surface area contributed by atoms with Crippen LogP contribution in [0.1, 0.15) is 34.6 Å². The molecule has 3 heteroatoms. The van der Waals surface area contributed by atoms with Gasteiger partial charge in [0, 0.05) is 34.0 Å². The number of fused-ring (bicyclic) bond motifs is 9. The fraction of sp³-hybridized carbons (Fsp3) is 0.0625. The minimum absolute atomic E-state index is 0.155. The van der Waals surface area contributed by atoms with E-state index in [2.05, 4.69) is 217 Å². The summed E-state index contributed by atoms with van der Waals surface area (Å²) in [7, 11) is 0. The lowest BCUT2D eigenvalue weighted by Crippen LogP contribution is -2.29. The highest BCUT2D eigenvalue weighted by atomic mass is 15.2. The van der Waals surface area contributed by atoms with Crippen LogP contribution in [0.5, 0.6) is 0 Å². The van der Waals surface area contributed by atoms with Gasteiger partial charge in [-0.25, -0.2) is 9.97 Å².